The van der Waals surface area contributed by atoms with Crippen molar-refractivity contribution in [2.24, 2.45) is 0 Å². The fourth-order valence-corrected chi connectivity index (χ4v) is 4.03. The minimum Gasteiger partial charge on any atom is -0.347 e. The molecule has 0 bridgehead atoms. The lowest BCUT2D eigenvalue weighted by molar-refractivity contribution is 0.0699. The summed E-state index contributed by atoms with van der Waals surface area (Å²) >= 11 is 6.24. The number of nitrogens with zero attached hydrogens (tertiary/aromatic N) is 6. The lowest BCUT2D eigenvalue weighted by Gasteiger charge is -2.33. The van der Waals surface area contributed by atoms with Crippen molar-refractivity contribution in [3.63, 3.8) is 0 Å². The molecule has 0 radical (unpaired) electrons. The van der Waals surface area contributed by atoms with E-state index >= 15 is 0 Å². The second kappa shape index (κ2) is 8.98. The Morgan fingerprint density at radius 3 is 2.71 bits per heavy atom. The number of likely N-dealkylation sites (tertiary alicyclic amines) is 1. The quantitative estimate of drug-likeness (QED) is 0.615. The van der Waals surface area contributed by atoms with Crippen LogP contribution in [-0.4, -0.2) is 57.9 Å². The van der Waals surface area contributed by atoms with Gasteiger partial charge in [0.2, 0.25) is 5.95 Å². The standard InChI is InChI=1S/C23H25ClN6O/c1-15-11-26-20(13-25-15)22(31)30-9-5-7-17(14-30)21-19(12-27-23(28-21)29(2)3)16-6-4-8-18(24)10-16/h4,6,8,10-13,17H,5,7,9,14H2,1-3H3. The zero-order valence-corrected chi connectivity index (χ0v) is 18.7. The number of benzene rings is 1. The Morgan fingerprint density at radius 2 is 2.00 bits per heavy atom. The van der Waals surface area contributed by atoms with Crippen molar-refractivity contribution in [1.82, 2.24) is 24.8 Å². The molecule has 1 aliphatic rings. The fraction of sp³-hybridized carbons (Fsp3) is 0.348. The van der Waals surface area contributed by atoms with Gasteiger partial charge in [0, 0.05) is 56.1 Å². The Bertz CT molecular complexity index is 1090. The molecule has 0 saturated carbocycles. The molecule has 1 amide bonds. The summed E-state index contributed by atoms with van der Waals surface area (Å²) in [5.74, 6) is 0.642. The van der Waals surface area contributed by atoms with Gasteiger partial charge in [-0.25, -0.2) is 15.0 Å². The van der Waals surface area contributed by atoms with E-state index in [-0.39, 0.29) is 11.8 Å². The monoisotopic (exact) mass is 436 g/mol. The van der Waals surface area contributed by atoms with E-state index in [1.165, 1.54) is 0 Å². The largest absolute Gasteiger partial charge is 0.347 e. The molecular formula is C23H25ClN6O. The molecular weight excluding hydrogens is 412 g/mol. The highest BCUT2D eigenvalue weighted by Gasteiger charge is 2.29. The second-order valence-electron chi connectivity index (χ2n) is 8.01. The van der Waals surface area contributed by atoms with Crippen molar-refractivity contribution in [3.8, 4) is 11.1 Å². The highest BCUT2D eigenvalue weighted by molar-refractivity contribution is 6.30. The summed E-state index contributed by atoms with van der Waals surface area (Å²) in [6.45, 7) is 3.13. The van der Waals surface area contributed by atoms with E-state index < -0.39 is 0 Å². The van der Waals surface area contributed by atoms with Crippen LogP contribution in [0, 0.1) is 6.92 Å². The Morgan fingerprint density at radius 1 is 1.16 bits per heavy atom. The first-order valence-electron chi connectivity index (χ1n) is 10.3. The Kier molecular flexibility index (Phi) is 6.13. The first kappa shape index (κ1) is 21.2. The number of aryl methyl sites for hydroxylation is 1. The summed E-state index contributed by atoms with van der Waals surface area (Å²) in [5, 5.41) is 0.665. The summed E-state index contributed by atoms with van der Waals surface area (Å²) in [6.07, 6.45) is 6.87. The zero-order valence-electron chi connectivity index (χ0n) is 17.9. The molecule has 1 unspecified atom stereocenters. The van der Waals surface area contributed by atoms with Crippen molar-refractivity contribution in [2.45, 2.75) is 25.7 Å². The molecule has 7 nitrogen and oxygen atoms in total. The molecule has 1 atom stereocenters. The van der Waals surface area contributed by atoms with Gasteiger partial charge in [-0.1, -0.05) is 23.7 Å². The van der Waals surface area contributed by atoms with Crippen LogP contribution in [0.4, 0.5) is 5.95 Å². The lowest BCUT2D eigenvalue weighted by atomic mass is 9.89. The van der Waals surface area contributed by atoms with Crippen LogP contribution in [0.1, 0.15) is 40.6 Å². The second-order valence-corrected chi connectivity index (χ2v) is 8.44. The van der Waals surface area contributed by atoms with E-state index in [1.807, 2.05) is 61.3 Å². The summed E-state index contributed by atoms with van der Waals surface area (Å²) < 4.78 is 0. The molecule has 1 fully saturated rings. The molecule has 1 aliphatic heterocycles. The summed E-state index contributed by atoms with van der Waals surface area (Å²) in [7, 11) is 3.84. The summed E-state index contributed by atoms with van der Waals surface area (Å²) in [5.41, 5.74) is 4.02. The van der Waals surface area contributed by atoms with Crippen LogP contribution in [0.2, 0.25) is 5.02 Å². The summed E-state index contributed by atoms with van der Waals surface area (Å²) in [4.78, 5) is 34.7. The minimum atomic E-state index is -0.0941. The Labute approximate surface area is 187 Å². The van der Waals surface area contributed by atoms with Gasteiger partial charge in [0.1, 0.15) is 5.69 Å². The Balaban J connectivity index is 1.68. The molecule has 0 N–H and O–H groups in total. The van der Waals surface area contributed by atoms with Crippen LogP contribution < -0.4 is 4.90 Å². The number of anilines is 1. The van der Waals surface area contributed by atoms with E-state index in [1.54, 1.807) is 12.4 Å². The van der Waals surface area contributed by atoms with Crippen LogP contribution in [0.25, 0.3) is 11.1 Å². The van der Waals surface area contributed by atoms with Gasteiger partial charge in [-0.3, -0.25) is 9.78 Å². The number of rotatable bonds is 4. The van der Waals surface area contributed by atoms with E-state index in [0.717, 1.165) is 35.4 Å². The predicted molar refractivity (Wildman–Crippen MR) is 121 cm³/mol. The normalized spacial score (nSPS) is 16.3. The zero-order chi connectivity index (χ0) is 22.0. The van der Waals surface area contributed by atoms with Gasteiger partial charge < -0.3 is 9.80 Å². The number of carbonyl (C=O) groups is 1. The van der Waals surface area contributed by atoms with E-state index in [9.17, 15) is 4.79 Å². The van der Waals surface area contributed by atoms with Crippen molar-refractivity contribution >= 4 is 23.5 Å². The Hall–Kier alpha value is -3.06. The van der Waals surface area contributed by atoms with Gasteiger partial charge in [-0.15, -0.1) is 0 Å². The van der Waals surface area contributed by atoms with Crippen molar-refractivity contribution in [1.29, 1.82) is 0 Å². The molecule has 0 spiro atoms. The average molecular weight is 437 g/mol. The van der Waals surface area contributed by atoms with Gasteiger partial charge >= 0.3 is 0 Å². The number of carbonyl (C=O) groups excluding carboxylic acids is 1. The fourth-order valence-electron chi connectivity index (χ4n) is 3.84. The predicted octanol–water partition coefficient (Wildman–Crippen LogP) is 3.98. The van der Waals surface area contributed by atoms with E-state index in [2.05, 4.69) is 15.0 Å². The van der Waals surface area contributed by atoms with Crippen LogP contribution in [0.3, 0.4) is 0 Å². The van der Waals surface area contributed by atoms with Gasteiger partial charge in [-0.05, 0) is 37.5 Å². The topological polar surface area (TPSA) is 75.1 Å². The molecule has 160 valence electrons. The molecule has 31 heavy (non-hydrogen) atoms. The number of aromatic nitrogens is 4. The van der Waals surface area contributed by atoms with Gasteiger partial charge in [0.15, 0.2) is 0 Å². The minimum absolute atomic E-state index is 0.0896. The number of hydrogen-bond acceptors (Lipinski definition) is 6. The number of hydrogen-bond donors (Lipinski definition) is 0. The molecule has 8 heteroatoms. The maximum atomic E-state index is 13.0. The third kappa shape index (κ3) is 4.66. The SMILES string of the molecule is Cc1cnc(C(=O)N2CCCC(c3nc(N(C)C)ncc3-c3cccc(Cl)c3)C2)cn1. The molecule has 1 saturated heterocycles. The highest BCUT2D eigenvalue weighted by Crippen LogP contribution is 2.35. The molecule has 3 heterocycles. The molecule has 0 aliphatic carbocycles. The van der Waals surface area contributed by atoms with Crippen LogP contribution in [0.5, 0.6) is 0 Å². The van der Waals surface area contributed by atoms with E-state index in [4.69, 9.17) is 16.6 Å². The first-order valence-corrected chi connectivity index (χ1v) is 10.7. The smallest absolute Gasteiger partial charge is 0.274 e. The van der Waals surface area contributed by atoms with Gasteiger partial charge in [-0.2, -0.15) is 0 Å². The number of halogens is 1. The van der Waals surface area contributed by atoms with Crippen LogP contribution in [-0.2, 0) is 0 Å². The number of amides is 1. The number of piperidine rings is 1. The summed E-state index contributed by atoms with van der Waals surface area (Å²) in [6, 6.07) is 7.71. The molecule has 3 aromatic rings. The molecule has 4 rings (SSSR count). The third-order valence-electron chi connectivity index (χ3n) is 5.44. The molecule has 1 aromatic carbocycles. The maximum Gasteiger partial charge on any atom is 0.274 e. The van der Waals surface area contributed by atoms with Crippen molar-refractivity contribution < 1.29 is 4.79 Å². The lowest BCUT2D eigenvalue weighted by Crippen LogP contribution is -2.40. The van der Waals surface area contributed by atoms with E-state index in [0.29, 0.717) is 29.8 Å². The highest BCUT2D eigenvalue weighted by atomic mass is 35.5. The van der Waals surface area contributed by atoms with Crippen LogP contribution >= 0.6 is 11.6 Å². The van der Waals surface area contributed by atoms with Gasteiger partial charge in [0.05, 0.1) is 17.6 Å². The van der Waals surface area contributed by atoms with Crippen molar-refractivity contribution in [2.75, 3.05) is 32.1 Å². The molecule has 2 aromatic heterocycles. The van der Waals surface area contributed by atoms with Crippen LogP contribution in [0.15, 0.2) is 42.9 Å². The third-order valence-corrected chi connectivity index (χ3v) is 5.67. The maximum absolute atomic E-state index is 13.0. The first-order chi connectivity index (χ1) is 14.9. The van der Waals surface area contributed by atoms with Crippen molar-refractivity contribution in [3.05, 3.63) is 65.0 Å². The van der Waals surface area contributed by atoms with Gasteiger partial charge in [0.25, 0.3) is 5.91 Å². The average Bonchev–Trinajstić information content (AvgIpc) is 2.79.